The van der Waals surface area contributed by atoms with Crippen LogP contribution in [0.25, 0.3) is 11.0 Å². The molecule has 3 nitrogen and oxygen atoms in total. The predicted octanol–water partition coefficient (Wildman–Crippen LogP) is 1.90. The smallest absolute Gasteiger partial charge is 0.115 e. The molecule has 0 radical (unpaired) electrons. The number of hydrogen-bond acceptors (Lipinski definition) is 2. The van der Waals surface area contributed by atoms with Gasteiger partial charge < -0.3 is 0 Å². The quantitative estimate of drug-likeness (QED) is 0.667. The first-order valence-electron chi connectivity index (χ1n) is 3.24. The van der Waals surface area contributed by atoms with E-state index in [0.717, 1.165) is 16.6 Å². The summed E-state index contributed by atoms with van der Waals surface area (Å²) >= 11 is 3.22. The van der Waals surface area contributed by atoms with E-state index in [1.807, 2.05) is 19.2 Å². The van der Waals surface area contributed by atoms with Gasteiger partial charge in [-0.15, -0.1) is 0 Å². The van der Waals surface area contributed by atoms with Gasteiger partial charge in [0.1, 0.15) is 11.0 Å². The van der Waals surface area contributed by atoms with Crippen molar-refractivity contribution in [2.24, 2.45) is 0 Å². The highest BCUT2D eigenvalue weighted by Gasteiger charge is 2.01. The number of halogens is 1. The SMILES string of the molecule is Cc1ccnc2cn(Br)nc12. The number of fused-ring (bicyclic) bond motifs is 1. The monoisotopic (exact) mass is 211 g/mol. The summed E-state index contributed by atoms with van der Waals surface area (Å²) < 4.78 is 1.59. The maximum atomic E-state index is 4.18. The molecule has 0 aliphatic rings. The van der Waals surface area contributed by atoms with Crippen molar-refractivity contribution in [2.45, 2.75) is 6.92 Å². The van der Waals surface area contributed by atoms with Crippen molar-refractivity contribution in [2.75, 3.05) is 0 Å². The van der Waals surface area contributed by atoms with E-state index in [2.05, 4.69) is 26.2 Å². The normalized spacial score (nSPS) is 10.7. The molecule has 0 aromatic carbocycles. The van der Waals surface area contributed by atoms with Crippen molar-refractivity contribution in [3.8, 4) is 0 Å². The summed E-state index contributed by atoms with van der Waals surface area (Å²) in [6.45, 7) is 2.02. The highest BCUT2D eigenvalue weighted by Crippen LogP contribution is 2.13. The van der Waals surface area contributed by atoms with Crippen LogP contribution in [0.15, 0.2) is 18.5 Å². The van der Waals surface area contributed by atoms with Crippen LogP contribution >= 0.6 is 16.1 Å². The molecule has 0 amide bonds. The Labute approximate surface area is 72.4 Å². The summed E-state index contributed by atoms with van der Waals surface area (Å²) in [5.74, 6) is 0. The third-order valence-corrected chi connectivity index (χ3v) is 1.94. The second kappa shape index (κ2) is 2.30. The molecule has 0 aliphatic heterocycles. The van der Waals surface area contributed by atoms with Crippen molar-refractivity contribution in [1.82, 2.24) is 13.8 Å². The third kappa shape index (κ3) is 1.03. The molecule has 2 aromatic rings. The largest absolute Gasteiger partial charge is 0.253 e. The first kappa shape index (κ1) is 6.79. The zero-order valence-corrected chi connectivity index (χ0v) is 7.54. The van der Waals surface area contributed by atoms with Crippen LogP contribution in [0.4, 0.5) is 0 Å². The average Bonchev–Trinajstić information content (AvgIpc) is 2.31. The summed E-state index contributed by atoms with van der Waals surface area (Å²) in [7, 11) is 0. The maximum Gasteiger partial charge on any atom is 0.115 e. The third-order valence-electron chi connectivity index (χ3n) is 1.58. The van der Waals surface area contributed by atoms with Crippen LogP contribution in [-0.4, -0.2) is 13.8 Å². The van der Waals surface area contributed by atoms with Crippen LogP contribution in [0.3, 0.4) is 0 Å². The number of aromatic nitrogens is 3. The Bertz CT molecular complexity index is 393. The molecule has 0 saturated carbocycles. The van der Waals surface area contributed by atoms with Crippen LogP contribution < -0.4 is 0 Å². The molecular weight excluding hydrogens is 206 g/mol. The summed E-state index contributed by atoms with van der Waals surface area (Å²) in [5, 5.41) is 4.18. The Hall–Kier alpha value is -0.900. The summed E-state index contributed by atoms with van der Waals surface area (Å²) in [6, 6.07) is 1.95. The standard InChI is InChI=1S/C7H6BrN3/c1-5-2-3-9-6-4-11(8)10-7(5)6/h2-4H,1H3. The summed E-state index contributed by atoms with van der Waals surface area (Å²) in [4.78, 5) is 4.15. The molecule has 2 rings (SSSR count). The van der Waals surface area contributed by atoms with Gasteiger partial charge in [0.05, 0.1) is 22.3 Å². The van der Waals surface area contributed by atoms with Gasteiger partial charge in [-0.25, -0.2) is 3.71 Å². The molecule has 0 spiro atoms. The summed E-state index contributed by atoms with van der Waals surface area (Å²) in [5.41, 5.74) is 3.01. The molecule has 4 heteroatoms. The van der Waals surface area contributed by atoms with Crippen LogP contribution in [0.1, 0.15) is 5.56 Å². The van der Waals surface area contributed by atoms with Crippen molar-refractivity contribution in [3.63, 3.8) is 0 Å². The predicted molar refractivity (Wildman–Crippen MR) is 46.6 cm³/mol. The van der Waals surface area contributed by atoms with Crippen molar-refractivity contribution < 1.29 is 0 Å². The minimum Gasteiger partial charge on any atom is -0.253 e. The molecule has 56 valence electrons. The van der Waals surface area contributed by atoms with Gasteiger partial charge in [0.25, 0.3) is 0 Å². The molecule has 11 heavy (non-hydrogen) atoms. The van der Waals surface area contributed by atoms with Crippen LogP contribution in [-0.2, 0) is 0 Å². The Balaban J connectivity index is 2.90. The van der Waals surface area contributed by atoms with Crippen molar-refractivity contribution in [3.05, 3.63) is 24.0 Å². The van der Waals surface area contributed by atoms with E-state index in [1.165, 1.54) is 0 Å². The van der Waals surface area contributed by atoms with Gasteiger partial charge in [0, 0.05) is 6.20 Å². The first-order chi connectivity index (χ1) is 5.27. The molecule has 2 aromatic heterocycles. The molecule has 0 bridgehead atoms. The molecule has 0 atom stereocenters. The minimum atomic E-state index is 0.918. The molecule has 0 unspecified atom stereocenters. The number of nitrogens with zero attached hydrogens (tertiary/aromatic N) is 3. The number of pyridine rings is 1. The Morgan fingerprint density at radius 1 is 1.55 bits per heavy atom. The Kier molecular flexibility index (Phi) is 1.42. The van der Waals surface area contributed by atoms with E-state index >= 15 is 0 Å². The molecule has 0 saturated heterocycles. The van der Waals surface area contributed by atoms with Crippen LogP contribution in [0.5, 0.6) is 0 Å². The van der Waals surface area contributed by atoms with E-state index in [0.29, 0.717) is 0 Å². The number of rotatable bonds is 0. The lowest BCUT2D eigenvalue weighted by atomic mass is 10.2. The summed E-state index contributed by atoms with van der Waals surface area (Å²) in [6.07, 6.45) is 3.62. The van der Waals surface area contributed by atoms with Gasteiger partial charge in [-0.3, -0.25) is 4.98 Å². The molecule has 0 fully saturated rings. The van der Waals surface area contributed by atoms with E-state index in [4.69, 9.17) is 0 Å². The van der Waals surface area contributed by atoms with Gasteiger partial charge in [0.2, 0.25) is 0 Å². The fraction of sp³-hybridized carbons (Fsp3) is 0.143. The Morgan fingerprint density at radius 3 is 3.09 bits per heavy atom. The van der Waals surface area contributed by atoms with Crippen molar-refractivity contribution >= 4 is 27.2 Å². The topological polar surface area (TPSA) is 30.7 Å². The van der Waals surface area contributed by atoms with E-state index in [-0.39, 0.29) is 0 Å². The van der Waals surface area contributed by atoms with E-state index in [1.54, 1.807) is 9.90 Å². The van der Waals surface area contributed by atoms with Gasteiger partial charge >= 0.3 is 0 Å². The first-order valence-corrected chi connectivity index (χ1v) is 3.95. The second-order valence-corrected chi connectivity index (χ2v) is 3.11. The molecular formula is C7H6BrN3. The lowest BCUT2D eigenvalue weighted by Gasteiger charge is -1.89. The lowest BCUT2D eigenvalue weighted by molar-refractivity contribution is 1.05. The zero-order valence-electron chi connectivity index (χ0n) is 5.95. The number of hydrogen-bond donors (Lipinski definition) is 0. The van der Waals surface area contributed by atoms with Gasteiger partial charge in [-0.2, -0.15) is 5.10 Å². The Morgan fingerprint density at radius 2 is 2.36 bits per heavy atom. The minimum absolute atomic E-state index is 0.918. The number of aryl methyl sites for hydroxylation is 1. The van der Waals surface area contributed by atoms with Gasteiger partial charge in [-0.1, -0.05) is 0 Å². The molecule has 0 aliphatic carbocycles. The van der Waals surface area contributed by atoms with Crippen LogP contribution in [0.2, 0.25) is 0 Å². The molecule has 0 N–H and O–H groups in total. The lowest BCUT2D eigenvalue weighted by Crippen LogP contribution is -1.79. The fourth-order valence-corrected chi connectivity index (χ4v) is 1.37. The second-order valence-electron chi connectivity index (χ2n) is 2.38. The van der Waals surface area contributed by atoms with Crippen molar-refractivity contribution in [1.29, 1.82) is 0 Å². The highest BCUT2D eigenvalue weighted by molar-refractivity contribution is 9.08. The van der Waals surface area contributed by atoms with Gasteiger partial charge in [-0.05, 0) is 18.6 Å². The van der Waals surface area contributed by atoms with Crippen LogP contribution in [0, 0.1) is 6.92 Å². The zero-order chi connectivity index (χ0) is 7.84. The highest BCUT2D eigenvalue weighted by atomic mass is 79.9. The average molecular weight is 212 g/mol. The maximum absolute atomic E-state index is 4.18. The van der Waals surface area contributed by atoms with Gasteiger partial charge in [0.15, 0.2) is 0 Å². The fourth-order valence-electron chi connectivity index (χ4n) is 1.02. The van der Waals surface area contributed by atoms with E-state index in [9.17, 15) is 0 Å². The van der Waals surface area contributed by atoms with E-state index < -0.39 is 0 Å². The molecule has 2 heterocycles.